The summed E-state index contributed by atoms with van der Waals surface area (Å²) in [7, 11) is 0. The van der Waals surface area contributed by atoms with Crippen LogP contribution in [0, 0.1) is 5.82 Å². The van der Waals surface area contributed by atoms with Gasteiger partial charge in [-0.2, -0.15) is 18.3 Å². The van der Waals surface area contributed by atoms with E-state index in [0.717, 1.165) is 0 Å². The first-order valence-electron chi connectivity index (χ1n) is 5.41. The molecule has 0 spiro atoms. The highest BCUT2D eigenvalue weighted by molar-refractivity contribution is 9.10. The minimum absolute atomic E-state index is 0.178. The summed E-state index contributed by atoms with van der Waals surface area (Å²) in [4.78, 5) is 0. The van der Waals surface area contributed by atoms with Crippen LogP contribution in [-0.4, -0.2) is 16.2 Å². The number of anilines is 1. The molecule has 2 N–H and O–H groups in total. The number of halogens is 5. The highest BCUT2D eigenvalue weighted by atomic mass is 79.9. The van der Waals surface area contributed by atoms with E-state index in [9.17, 15) is 17.6 Å². The fourth-order valence-corrected chi connectivity index (χ4v) is 2.48. The van der Waals surface area contributed by atoms with E-state index in [0.29, 0.717) is 0 Å². The lowest BCUT2D eigenvalue weighted by atomic mass is 10.1. The van der Waals surface area contributed by atoms with Crippen molar-refractivity contribution in [2.24, 2.45) is 0 Å². The molecule has 8 heteroatoms. The summed E-state index contributed by atoms with van der Waals surface area (Å²) in [6, 6.07) is -0.219. The van der Waals surface area contributed by atoms with Crippen LogP contribution >= 0.6 is 15.9 Å². The van der Waals surface area contributed by atoms with Crippen LogP contribution in [0.1, 0.15) is 19.4 Å². The lowest BCUT2D eigenvalue weighted by Gasteiger charge is -2.17. The molecular weight excluding hydrogens is 330 g/mol. The number of hydrogen-bond donors (Lipinski definition) is 2. The molecule has 0 bridgehead atoms. The van der Waals surface area contributed by atoms with Gasteiger partial charge in [0.25, 0.3) is 0 Å². The van der Waals surface area contributed by atoms with Crippen molar-refractivity contribution in [3.8, 4) is 0 Å². The second kappa shape index (κ2) is 4.66. The molecule has 0 radical (unpaired) electrons. The molecule has 2 aromatic rings. The molecule has 1 aromatic heterocycles. The van der Waals surface area contributed by atoms with Gasteiger partial charge in [-0.3, -0.25) is 5.10 Å². The Balaban J connectivity index is 2.83. The van der Waals surface area contributed by atoms with Crippen molar-refractivity contribution in [2.75, 3.05) is 5.32 Å². The van der Waals surface area contributed by atoms with E-state index < -0.39 is 17.6 Å². The van der Waals surface area contributed by atoms with Gasteiger partial charge in [-0.25, -0.2) is 4.39 Å². The molecule has 0 atom stereocenters. The van der Waals surface area contributed by atoms with Crippen LogP contribution in [0.5, 0.6) is 0 Å². The Morgan fingerprint density at radius 1 is 1.37 bits per heavy atom. The maximum atomic E-state index is 14.1. The summed E-state index contributed by atoms with van der Waals surface area (Å²) >= 11 is 2.80. The standard InChI is InChI=1S/C11H10BrF4N3/c1-4(2)18-10-8(13)6(11(14,15)16)7(12)5-3-17-19-9(5)10/h3-4,18H,1-2H3,(H,17,19). The number of aromatic nitrogens is 2. The zero-order valence-corrected chi connectivity index (χ0v) is 11.6. The van der Waals surface area contributed by atoms with E-state index in [4.69, 9.17) is 0 Å². The summed E-state index contributed by atoms with van der Waals surface area (Å²) in [5, 5.41) is 9.02. The smallest absolute Gasteiger partial charge is 0.379 e. The van der Waals surface area contributed by atoms with Gasteiger partial charge in [0.05, 0.1) is 17.4 Å². The molecule has 104 valence electrons. The Kier molecular flexibility index (Phi) is 3.46. The molecule has 2 rings (SSSR count). The number of H-pyrrole nitrogens is 1. The zero-order chi connectivity index (χ0) is 14.4. The number of fused-ring (bicyclic) bond motifs is 1. The van der Waals surface area contributed by atoms with E-state index in [1.807, 2.05) is 0 Å². The number of benzene rings is 1. The largest absolute Gasteiger partial charge is 0.420 e. The van der Waals surface area contributed by atoms with Crippen LogP contribution < -0.4 is 5.32 Å². The number of aromatic amines is 1. The third kappa shape index (κ3) is 2.41. The summed E-state index contributed by atoms with van der Waals surface area (Å²) < 4.78 is 52.6. The average molecular weight is 340 g/mol. The SMILES string of the molecule is CC(C)Nc1c(F)c(C(F)(F)F)c(Br)c2cn[nH]c12. The van der Waals surface area contributed by atoms with Crippen LogP contribution in [0.3, 0.4) is 0 Å². The summed E-state index contributed by atoms with van der Waals surface area (Å²) in [6.45, 7) is 3.41. The first-order chi connectivity index (χ1) is 8.73. The number of nitrogens with zero attached hydrogens (tertiary/aromatic N) is 1. The minimum atomic E-state index is -4.79. The monoisotopic (exact) mass is 339 g/mol. The molecule has 0 fully saturated rings. The molecule has 0 saturated carbocycles. The fraction of sp³-hybridized carbons (Fsp3) is 0.364. The second-order valence-electron chi connectivity index (χ2n) is 4.33. The van der Waals surface area contributed by atoms with E-state index in [-0.39, 0.29) is 27.1 Å². The topological polar surface area (TPSA) is 40.7 Å². The molecule has 0 aliphatic heterocycles. The van der Waals surface area contributed by atoms with Gasteiger partial charge < -0.3 is 5.32 Å². The van der Waals surface area contributed by atoms with Gasteiger partial charge in [0.1, 0.15) is 5.56 Å². The third-order valence-electron chi connectivity index (χ3n) is 2.50. The molecule has 0 amide bonds. The third-order valence-corrected chi connectivity index (χ3v) is 3.32. The Bertz CT molecular complexity index is 618. The van der Waals surface area contributed by atoms with Crippen molar-refractivity contribution < 1.29 is 17.6 Å². The maximum absolute atomic E-state index is 14.1. The highest BCUT2D eigenvalue weighted by Gasteiger charge is 2.39. The molecule has 0 aliphatic carbocycles. The molecule has 19 heavy (non-hydrogen) atoms. The molecule has 0 saturated heterocycles. The van der Waals surface area contributed by atoms with Crippen LogP contribution in [0.4, 0.5) is 23.2 Å². The fourth-order valence-electron chi connectivity index (χ4n) is 1.78. The van der Waals surface area contributed by atoms with E-state index >= 15 is 0 Å². The van der Waals surface area contributed by atoms with Crippen LogP contribution in [0.15, 0.2) is 10.7 Å². The predicted octanol–water partition coefficient (Wildman–Crippen LogP) is 4.30. The van der Waals surface area contributed by atoms with Crippen molar-refractivity contribution in [1.29, 1.82) is 0 Å². The van der Waals surface area contributed by atoms with Crippen LogP contribution in [-0.2, 0) is 6.18 Å². The van der Waals surface area contributed by atoms with Gasteiger partial charge in [0.15, 0.2) is 5.82 Å². The Morgan fingerprint density at radius 2 is 2.00 bits per heavy atom. The van der Waals surface area contributed by atoms with Gasteiger partial charge >= 0.3 is 6.18 Å². The van der Waals surface area contributed by atoms with Gasteiger partial charge in [-0.1, -0.05) is 0 Å². The quantitative estimate of drug-likeness (QED) is 0.800. The van der Waals surface area contributed by atoms with Crippen molar-refractivity contribution in [1.82, 2.24) is 10.2 Å². The van der Waals surface area contributed by atoms with E-state index in [1.165, 1.54) is 6.20 Å². The lowest BCUT2D eigenvalue weighted by Crippen LogP contribution is -2.16. The second-order valence-corrected chi connectivity index (χ2v) is 5.13. The van der Waals surface area contributed by atoms with Crippen LogP contribution in [0.25, 0.3) is 10.9 Å². The van der Waals surface area contributed by atoms with Gasteiger partial charge in [0, 0.05) is 15.9 Å². The summed E-state index contributed by atoms with van der Waals surface area (Å²) in [6.07, 6.45) is -3.57. The van der Waals surface area contributed by atoms with Gasteiger partial charge in [0.2, 0.25) is 0 Å². The minimum Gasteiger partial charge on any atom is -0.379 e. The summed E-state index contributed by atoms with van der Waals surface area (Å²) in [5.41, 5.74) is -1.35. The highest BCUT2D eigenvalue weighted by Crippen LogP contribution is 2.43. The number of rotatable bonds is 2. The van der Waals surface area contributed by atoms with Gasteiger partial charge in [-0.05, 0) is 29.8 Å². The molecular formula is C11H10BrF4N3. The first kappa shape index (κ1) is 14.1. The molecule has 0 aliphatic rings. The van der Waals surface area contributed by atoms with Crippen molar-refractivity contribution in [3.05, 3.63) is 22.1 Å². The van der Waals surface area contributed by atoms with Crippen molar-refractivity contribution >= 4 is 32.5 Å². The number of hydrogen-bond acceptors (Lipinski definition) is 2. The van der Waals surface area contributed by atoms with Crippen LogP contribution in [0.2, 0.25) is 0 Å². The van der Waals surface area contributed by atoms with E-state index in [1.54, 1.807) is 13.8 Å². The molecule has 1 aromatic carbocycles. The Morgan fingerprint density at radius 3 is 2.53 bits per heavy atom. The zero-order valence-electron chi connectivity index (χ0n) is 9.99. The maximum Gasteiger partial charge on any atom is 0.420 e. The van der Waals surface area contributed by atoms with Crippen molar-refractivity contribution in [3.63, 3.8) is 0 Å². The lowest BCUT2D eigenvalue weighted by molar-refractivity contribution is -0.140. The molecule has 0 unspecified atom stereocenters. The average Bonchev–Trinajstić information content (AvgIpc) is 2.70. The van der Waals surface area contributed by atoms with Crippen molar-refractivity contribution in [2.45, 2.75) is 26.1 Å². The Hall–Kier alpha value is -1.31. The normalized spacial score (nSPS) is 12.4. The van der Waals surface area contributed by atoms with Gasteiger partial charge in [-0.15, -0.1) is 0 Å². The Labute approximate surface area is 114 Å². The summed E-state index contributed by atoms with van der Waals surface area (Å²) in [5.74, 6) is -1.34. The molecule has 3 nitrogen and oxygen atoms in total. The molecule has 1 heterocycles. The van der Waals surface area contributed by atoms with E-state index in [2.05, 4.69) is 31.4 Å². The number of alkyl halides is 3. The predicted molar refractivity (Wildman–Crippen MR) is 67.5 cm³/mol. The first-order valence-corrected chi connectivity index (χ1v) is 6.20. The number of nitrogens with one attached hydrogen (secondary N) is 2.